The van der Waals surface area contributed by atoms with Crippen LogP contribution < -0.4 is 4.74 Å². The number of halogens is 2. The number of hydrogen-bond donors (Lipinski definition) is 1. The van der Waals surface area contributed by atoms with Crippen molar-refractivity contribution >= 4 is 35.0 Å². The van der Waals surface area contributed by atoms with Gasteiger partial charge in [-0.1, -0.05) is 11.6 Å². The molecular weight excluding hydrogens is 303 g/mol. The van der Waals surface area contributed by atoms with E-state index in [4.69, 9.17) is 21.4 Å². The van der Waals surface area contributed by atoms with Crippen molar-refractivity contribution in [1.82, 2.24) is 0 Å². The molecule has 0 saturated carbocycles. The van der Waals surface area contributed by atoms with Crippen molar-refractivity contribution in [2.24, 2.45) is 0 Å². The first-order valence-electron chi connectivity index (χ1n) is 5.61. The Morgan fingerprint density at radius 2 is 2.25 bits per heavy atom. The van der Waals surface area contributed by atoms with Crippen LogP contribution in [0.3, 0.4) is 0 Å². The zero-order valence-corrected chi connectivity index (χ0v) is 11.7. The van der Waals surface area contributed by atoms with Crippen LogP contribution in [0.2, 0.25) is 5.02 Å². The summed E-state index contributed by atoms with van der Waals surface area (Å²) < 4.78 is 18.5. The SMILES string of the molecule is O=C(O)C=Cc1ccsc1COc1ccc(F)c(Cl)c1. The Morgan fingerprint density at radius 1 is 1.45 bits per heavy atom. The van der Waals surface area contributed by atoms with Gasteiger partial charge in [-0.2, -0.15) is 0 Å². The fraction of sp³-hybridized carbons (Fsp3) is 0.0714. The third-order valence-corrected chi connectivity index (χ3v) is 3.65. The smallest absolute Gasteiger partial charge is 0.328 e. The molecule has 3 nitrogen and oxygen atoms in total. The second-order valence-corrected chi connectivity index (χ2v) is 5.24. The van der Waals surface area contributed by atoms with Gasteiger partial charge in [-0.3, -0.25) is 0 Å². The molecule has 104 valence electrons. The summed E-state index contributed by atoms with van der Waals surface area (Å²) in [4.78, 5) is 11.4. The minimum Gasteiger partial charge on any atom is -0.488 e. The first-order valence-corrected chi connectivity index (χ1v) is 6.87. The van der Waals surface area contributed by atoms with E-state index in [1.54, 1.807) is 6.07 Å². The summed E-state index contributed by atoms with van der Waals surface area (Å²) in [5, 5.41) is 10.4. The van der Waals surface area contributed by atoms with Crippen LogP contribution in [0.1, 0.15) is 10.4 Å². The van der Waals surface area contributed by atoms with Crippen molar-refractivity contribution < 1.29 is 19.0 Å². The molecule has 20 heavy (non-hydrogen) atoms. The summed E-state index contributed by atoms with van der Waals surface area (Å²) in [6.07, 6.45) is 2.58. The van der Waals surface area contributed by atoms with Gasteiger partial charge < -0.3 is 9.84 Å². The van der Waals surface area contributed by atoms with Gasteiger partial charge >= 0.3 is 5.97 Å². The average molecular weight is 313 g/mol. The number of thiophene rings is 1. The summed E-state index contributed by atoms with van der Waals surface area (Å²) in [5.74, 6) is -1.05. The fourth-order valence-electron chi connectivity index (χ4n) is 1.49. The highest BCUT2D eigenvalue weighted by atomic mass is 35.5. The van der Waals surface area contributed by atoms with Gasteiger partial charge in [0.05, 0.1) is 5.02 Å². The highest BCUT2D eigenvalue weighted by Gasteiger charge is 2.05. The molecule has 0 aliphatic heterocycles. The number of carboxylic acid groups (broad SMARTS) is 1. The Hall–Kier alpha value is -1.85. The third kappa shape index (κ3) is 3.82. The molecule has 1 N–H and O–H groups in total. The van der Waals surface area contributed by atoms with Gasteiger partial charge in [-0.15, -0.1) is 11.3 Å². The second kappa shape index (κ2) is 6.54. The van der Waals surface area contributed by atoms with Crippen molar-refractivity contribution in [1.29, 1.82) is 0 Å². The molecule has 2 rings (SSSR count). The van der Waals surface area contributed by atoms with E-state index >= 15 is 0 Å². The first kappa shape index (κ1) is 14.6. The summed E-state index contributed by atoms with van der Waals surface area (Å²) in [6, 6.07) is 5.93. The monoisotopic (exact) mass is 312 g/mol. The largest absolute Gasteiger partial charge is 0.488 e. The van der Waals surface area contributed by atoms with Crippen LogP contribution in [0.4, 0.5) is 4.39 Å². The second-order valence-electron chi connectivity index (χ2n) is 3.84. The first-order chi connectivity index (χ1) is 9.56. The summed E-state index contributed by atoms with van der Waals surface area (Å²) in [7, 11) is 0. The maximum atomic E-state index is 13.0. The van der Waals surface area contributed by atoms with Gasteiger partial charge in [0.15, 0.2) is 0 Å². The molecule has 0 aliphatic rings. The molecule has 0 saturated heterocycles. The Balaban J connectivity index is 2.05. The van der Waals surface area contributed by atoms with Gasteiger partial charge in [0.1, 0.15) is 18.2 Å². The van der Waals surface area contributed by atoms with E-state index in [0.29, 0.717) is 5.75 Å². The predicted octanol–water partition coefficient (Wildman–Crippen LogP) is 4.22. The molecule has 1 aromatic heterocycles. The lowest BCUT2D eigenvalue weighted by molar-refractivity contribution is -0.131. The number of ether oxygens (including phenoxy) is 1. The van der Waals surface area contributed by atoms with Gasteiger partial charge in [0.25, 0.3) is 0 Å². The normalized spacial score (nSPS) is 10.9. The van der Waals surface area contributed by atoms with Crippen LogP contribution in [0.5, 0.6) is 5.75 Å². The number of carbonyl (C=O) groups is 1. The Morgan fingerprint density at radius 3 is 2.95 bits per heavy atom. The molecule has 6 heteroatoms. The summed E-state index contributed by atoms with van der Waals surface area (Å²) >= 11 is 7.11. The van der Waals surface area contributed by atoms with Crippen molar-refractivity contribution in [3.63, 3.8) is 0 Å². The predicted molar refractivity (Wildman–Crippen MR) is 76.7 cm³/mol. The molecule has 0 unspecified atom stereocenters. The van der Waals surface area contributed by atoms with Crippen molar-refractivity contribution in [2.75, 3.05) is 0 Å². The van der Waals surface area contributed by atoms with E-state index in [-0.39, 0.29) is 11.6 Å². The van der Waals surface area contributed by atoms with Gasteiger partial charge in [-0.05, 0) is 35.2 Å². The molecule has 0 spiro atoms. The summed E-state index contributed by atoms with van der Waals surface area (Å²) in [6.45, 7) is 0.263. The van der Waals surface area contributed by atoms with Crippen LogP contribution >= 0.6 is 22.9 Å². The third-order valence-electron chi connectivity index (χ3n) is 2.45. The Kier molecular flexibility index (Phi) is 4.76. The molecule has 0 fully saturated rings. The number of aliphatic carboxylic acids is 1. The van der Waals surface area contributed by atoms with E-state index in [0.717, 1.165) is 16.5 Å². The van der Waals surface area contributed by atoms with E-state index in [1.807, 2.05) is 5.38 Å². The molecule has 0 bridgehead atoms. The zero-order valence-electron chi connectivity index (χ0n) is 10.2. The topological polar surface area (TPSA) is 46.5 Å². The van der Waals surface area contributed by atoms with Gasteiger partial charge in [0.2, 0.25) is 0 Å². The van der Waals surface area contributed by atoms with Crippen molar-refractivity contribution in [3.8, 4) is 5.75 Å². The lowest BCUT2D eigenvalue weighted by Gasteiger charge is -2.06. The molecule has 0 amide bonds. The maximum absolute atomic E-state index is 13.0. The van der Waals surface area contributed by atoms with Gasteiger partial charge in [0, 0.05) is 17.0 Å². The number of carboxylic acids is 1. The van der Waals surface area contributed by atoms with Crippen molar-refractivity contribution in [3.05, 3.63) is 57.0 Å². The molecule has 2 aromatic rings. The maximum Gasteiger partial charge on any atom is 0.328 e. The number of rotatable bonds is 5. The van der Waals surface area contributed by atoms with E-state index in [9.17, 15) is 9.18 Å². The van der Waals surface area contributed by atoms with Crippen LogP contribution in [0.15, 0.2) is 35.7 Å². The Bertz CT molecular complexity index is 652. The molecule has 1 aromatic carbocycles. The van der Waals surface area contributed by atoms with E-state index < -0.39 is 11.8 Å². The van der Waals surface area contributed by atoms with E-state index in [2.05, 4.69) is 0 Å². The van der Waals surface area contributed by atoms with Crippen LogP contribution in [0.25, 0.3) is 6.08 Å². The van der Waals surface area contributed by atoms with E-state index in [1.165, 1.54) is 35.6 Å². The molecule has 0 aliphatic carbocycles. The quantitative estimate of drug-likeness (QED) is 0.841. The molecule has 0 atom stereocenters. The average Bonchev–Trinajstić information content (AvgIpc) is 2.85. The summed E-state index contributed by atoms with van der Waals surface area (Å²) in [5.41, 5.74) is 0.783. The highest BCUT2D eigenvalue weighted by Crippen LogP contribution is 2.24. The fourth-order valence-corrected chi connectivity index (χ4v) is 2.44. The molecule has 1 heterocycles. The number of hydrogen-bond acceptors (Lipinski definition) is 3. The van der Waals surface area contributed by atoms with Crippen LogP contribution in [-0.4, -0.2) is 11.1 Å². The highest BCUT2D eigenvalue weighted by molar-refractivity contribution is 7.10. The Labute approximate surface area is 123 Å². The zero-order chi connectivity index (χ0) is 14.5. The van der Waals surface area contributed by atoms with Crippen LogP contribution in [0, 0.1) is 5.82 Å². The van der Waals surface area contributed by atoms with Gasteiger partial charge in [-0.25, -0.2) is 9.18 Å². The van der Waals surface area contributed by atoms with Crippen molar-refractivity contribution in [2.45, 2.75) is 6.61 Å². The standard InChI is InChI=1S/C14H10ClFO3S/c15-11-7-10(2-3-12(11)16)19-8-13-9(5-6-20-13)1-4-14(17)18/h1-7H,8H2,(H,17,18). The lowest BCUT2D eigenvalue weighted by atomic mass is 10.2. The lowest BCUT2D eigenvalue weighted by Crippen LogP contribution is -1.95. The minimum absolute atomic E-state index is 0.000300. The minimum atomic E-state index is -1.01. The number of benzene rings is 1. The van der Waals surface area contributed by atoms with Crippen LogP contribution in [-0.2, 0) is 11.4 Å². The molecular formula is C14H10ClFO3S. The molecule has 0 radical (unpaired) electrons.